The number of rotatable bonds is 7. The maximum Gasteiger partial charge on any atom is 0.361 e. The molecule has 7 nitrogen and oxygen atoms in total. The van der Waals surface area contributed by atoms with Crippen molar-refractivity contribution in [3.8, 4) is 22.8 Å². The van der Waals surface area contributed by atoms with Gasteiger partial charge in [-0.3, -0.25) is 0 Å². The molecule has 0 atom stereocenters. The van der Waals surface area contributed by atoms with Gasteiger partial charge in [-0.25, -0.2) is 9.18 Å². The van der Waals surface area contributed by atoms with Crippen molar-refractivity contribution in [3.63, 3.8) is 0 Å². The number of methoxy groups -OCH3 is 1. The van der Waals surface area contributed by atoms with Crippen LogP contribution in [0.2, 0.25) is 0 Å². The summed E-state index contributed by atoms with van der Waals surface area (Å²) in [4.78, 5) is 12.0. The van der Waals surface area contributed by atoms with Crippen molar-refractivity contribution in [1.82, 2.24) is 15.4 Å². The first-order chi connectivity index (χ1) is 13.1. The molecular formula is C19H18FN3O4. The van der Waals surface area contributed by atoms with Crippen LogP contribution in [0.3, 0.4) is 0 Å². The quantitative estimate of drug-likeness (QED) is 0.641. The van der Waals surface area contributed by atoms with E-state index in [-0.39, 0.29) is 24.7 Å². The normalized spacial score (nSPS) is 10.5. The topological polar surface area (TPSA) is 86.3 Å². The smallest absolute Gasteiger partial charge is 0.361 e. The Balaban J connectivity index is 1.86. The first-order valence-electron chi connectivity index (χ1n) is 8.26. The molecule has 3 aromatic rings. The molecule has 0 fully saturated rings. The highest BCUT2D eigenvalue weighted by Gasteiger charge is 2.20. The van der Waals surface area contributed by atoms with Crippen molar-refractivity contribution in [3.05, 3.63) is 59.5 Å². The lowest BCUT2D eigenvalue weighted by molar-refractivity contribution is 0.0520. The van der Waals surface area contributed by atoms with Crippen molar-refractivity contribution in [2.24, 2.45) is 0 Å². The van der Waals surface area contributed by atoms with Crippen LogP contribution in [-0.4, -0.2) is 35.1 Å². The van der Waals surface area contributed by atoms with Gasteiger partial charge in [0.15, 0.2) is 5.69 Å². The van der Waals surface area contributed by atoms with Gasteiger partial charge >= 0.3 is 5.97 Å². The van der Waals surface area contributed by atoms with Crippen LogP contribution in [-0.2, 0) is 11.3 Å². The largest absolute Gasteiger partial charge is 0.496 e. The Morgan fingerprint density at radius 3 is 2.63 bits per heavy atom. The van der Waals surface area contributed by atoms with E-state index in [1.54, 1.807) is 44.4 Å². The third-order valence-electron chi connectivity index (χ3n) is 3.78. The molecule has 3 rings (SSSR count). The van der Waals surface area contributed by atoms with E-state index in [9.17, 15) is 9.18 Å². The van der Waals surface area contributed by atoms with Gasteiger partial charge in [0.1, 0.15) is 29.6 Å². The summed E-state index contributed by atoms with van der Waals surface area (Å²) in [6.07, 6.45) is 0. The summed E-state index contributed by atoms with van der Waals surface area (Å²) in [6.45, 7) is 2.15. The van der Waals surface area contributed by atoms with Crippen LogP contribution in [0.1, 0.15) is 23.0 Å². The van der Waals surface area contributed by atoms with E-state index in [0.717, 1.165) is 5.56 Å². The van der Waals surface area contributed by atoms with Gasteiger partial charge < -0.3 is 14.2 Å². The molecule has 1 heterocycles. The number of H-pyrrole nitrogens is 1. The molecule has 0 radical (unpaired) electrons. The van der Waals surface area contributed by atoms with Gasteiger partial charge in [-0.15, -0.1) is 5.10 Å². The van der Waals surface area contributed by atoms with Gasteiger partial charge in [0.2, 0.25) is 0 Å². The number of hydrogen-bond donors (Lipinski definition) is 1. The highest BCUT2D eigenvalue weighted by Crippen LogP contribution is 2.28. The predicted molar refractivity (Wildman–Crippen MR) is 95.1 cm³/mol. The Hall–Kier alpha value is -3.42. The van der Waals surface area contributed by atoms with E-state index in [2.05, 4.69) is 15.4 Å². The number of carbonyl (C=O) groups excluding carboxylic acids is 1. The summed E-state index contributed by atoms with van der Waals surface area (Å²) in [5.74, 6) is 0.250. The Morgan fingerprint density at radius 2 is 1.93 bits per heavy atom. The molecule has 0 spiro atoms. The first-order valence-corrected chi connectivity index (χ1v) is 8.26. The van der Waals surface area contributed by atoms with E-state index in [0.29, 0.717) is 22.8 Å². The van der Waals surface area contributed by atoms with Crippen LogP contribution in [0.25, 0.3) is 11.3 Å². The summed E-state index contributed by atoms with van der Waals surface area (Å²) in [5.41, 5.74) is 1.87. The fourth-order valence-electron chi connectivity index (χ4n) is 2.50. The number of carbonyl (C=O) groups is 1. The molecule has 0 bridgehead atoms. The number of esters is 1. The van der Waals surface area contributed by atoms with Crippen LogP contribution >= 0.6 is 0 Å². The van der Waals surface area contributed by atoms with E-state index in [4.69, 9.17) is 14.2 Å². The van der Waals surface area contributed by atoms with Gasteiger partial charge in [0, 0.05) is 11.1 Å². The lowest BCUT2D eigenvalue weighted by Gasteiger charge is -2.12. The molecule has 27 heavy (non-hydrogen) atoms. The fraction of sp³-hybridized carbons (Fsp3) is 0.211. The van der Waals surface area contributed by atoms with E-state index < -0.39 is 5.97 Å². The number of aromatic nitrogens is 3. The molecule has 0 saturated carbocycles. The summed E-state index contributed by atoms with van der Waals surface area (Å²) in [5, 5.41) is 10.4. The highest BCUT2D eigenvalue weighted by molar-refractivity contribution is 5.94. The molecular weight excluding hydrogens is 353 g/mol. The van der Waals surface area contributed by atoms with Gasteiger partial charge in [-0.05, 0) is 49.4 Å². The van der Waals surface area contributed by atoms with Crippen LogP contribution in [0, 0.1) is 5.82 Å². The van der Waals surface area contributed by atoms with Crippen LogP contribution < -0.4 is 9.47 Å². The molecule has 2 aromatic carbocycles. The van der Waals surface area contributed by atoms with Crippen molar-refractivity contribution < 1.29 is 23.4 Å². The van der Waals surface area contributed by atoms with Gasteiger partial charge in [-0.2, -0.15) is 10.3 Å². The predicted octanol–water partition coefficient (Wildman–Crippen LogP) is 3.38. The van der Waals surface area contributed by atoms with Crippen LogP contribution in [0.5, 0.6) is 11.5 Å². The second-order valence-electron chi connectivity index (χ2n) is 5.51. The number of benzene rings is 2. The third-order valence-corrected chi connectivity index (χ3v) is 3.78. The zero-order chi connectivity index (χ0) is 19.2. The molecule has 0 amide bonds. The standard InChI is InChI=1S/C19H18FN3O4/c1-3-26-19(24)18-17(21-23-22-18)12-4-9-16(25-2)13(10-12)11-27-15-7-5-14(20)6-8-15/h4-10H,3,11H2,1-2H3,(H,21,22,23). The maximum atomic E-state index is 13.0. The summed E-state index contributed by atoms with van der Waals surface area (Å²) < 4.78 is 29.1. The zero-order valence-corrected chi connectivity index (χ0v) is 14.9. The molecule has 1 N–H and O–H groups in total. The second-order valence-corrected chi connectivity index (χ2v) is 5.51. The number of hydrogen-bond acceptors (Lipinski definition) is 6. The summed E-state index contributed by atoms with van der Waals surface area (Å²) in [6, 6.07) is 11.0. The Morgan fingerprint density at radius 1 is 1.15 bits per heavy atom. The Bertz CT molecular complexity index is 925. The number of nitrogens with one attached hydrogen (secondary N) is 1. The first kappa shape index (κ1) is 18.4. The Kier molecular flexibility index (Phi) is 5.65. The molecule has 0 aliphatic rings. The Labute approximate surface area is 155 Å². The molecule has 0 aliphatic carbocycles. The average Bonchev–Trinajstić information content (AvgIpc) is 3.17. The van der Waals surface area contributed by atoms with Crippen LogP contribution in [0.15, 0.2) is 42.5 Å². The van der Waals surface area contributed by atoms with Gasteiger partial charge in [-0.1, -0.05) is 0 Å². The van der Waals surface area contributed by atoms with Gasteiger partial charge in [0.25, 0.3) is 0 Å². The lowest BCUT2D eigenvalue weighted by atomic mass is 10.1. The fourth-order valence-corrected chi connectivity index (χ4v) is 2.50. The van der Waals surface area contributed by atoms with E-state index in [1.165, 1.54) is 12.1 Å². The van der Waals surface area contributed by atoms with E-state index in [1.807, 2.05) is 0 Å². The zero-order valence-electron chi connectivity index (χ0n) is 14.9. The molecule has 1 aromatic heterocycles. The van der Waals surface area contributed by atoms with Crippen molar-refractivity contribution in [2.75, 3.05) is 13.7 Å². The summed E-state index contributed by atoms with van der Waals surface area (Å²) >= 11 is 0. The molecule has 0 aliphatic heterocycles. The van der Waals surface area contributed by atoms with Crippen molar-refractivity contribution in [1.29, 1.82) is 0 Å². The lowest BCUT2D eigenvalue weighted by Crippen LogP contribution is -2.07. The van der Waals surface area contributed by atoms with E-state index >= 15 is 0 Å². The highest BCUT2D eigenvalue weighted by atomic mass is 19.1. The van der Waals surface area contributed by atoms with Crippen molar-refractivity contribution >= 4 is 5.97 Å². The number of aromatic amines is 1. The third kappa shape index (κ3) is 4.22. The minimum atomic E-state index is -0.554. The minimum absolute atomic E-state index is 0.104. The van der Waals surface area contributed by atoms with Crippen LogP contribution in [0.4, 0.5) is 4.39 Å². The monoisotopic (exact) mass is 371 g/mol. The minimum Gasteiger partial charge on any atom is -0.496 e. The molecule has 140 valence electrons. The molecule has 8 heteroatoms. The SMILES string of the molecule is CCOC(=O)c1n[nH]nc1-c1ccc(OC)c(COc2ccc(F)cc2)c1. The number of nitrogens with zero attached hydrogens (tertiary/aromatic N) is 2. The number of halogens is 1. The number of ether oxygens (including phenoxy) is 3. The second kappa shape index (κ2) is 8.31. The molecule has 0 saturated heterocycles. The maximum absolute atomic E-state index is 13.0. The summed E-state index contributed by atoms with van der Waals surface area (Å²) in [7, 11) is 1.55. The molecule has 0 unspecified atom stereocenters. The average molecular weight is 371 g/mol. The van der Waals surface area contributed by atoms with Gasteiger partial charge in [0.05, 0.1) is 13.7 Å². The van der Waals surface area contributed by atoms with Crippen molar-refractivity contribution in [2.45, 2.75) is 13.5 Å².